The van der Waals surface area contributed by atoms with Crippen LogP contribution in [0.25, 0.3) is 0 Å². The summed E-state index contributed by atoms with van der Waals surface area (Å²) in [6.07, 6.45) is 3.53. The van der Waals surface area contributed by atoms with Crippen molar-refractivity contribution in [2.45, 2.75) is 33.1 Å². The number of hydrogen-bond acceptors (Lipinski definition) is 5. The van der Waals surface area contributed by atoms with Gasteiger partial charge in [0.05, 0.1) is 6.26 Å². The average Bonchev–Trinajstić information content (AvgIpc) is 2.37. The Morgan fingerprint density at radius 3 is 2.60 bits per heavy atom. The Balaban J connectivity index is 2.43. The molecule has 0 bridgehead atoms. The molecule has 0 aliphatic rings. The van der Waals surface area contributed by atoms with Crippen molar-refractivity contribution >= 4 is 15.8 Å². The van der Waals surface area contributed by atoms with Crippen molar-refractivity contribution in [3.8, 4) is 0 Å². The zero-order chi connectivity index (χ0) is 15.2. The van der Waals surface area contributed by atoms with E-state index in [0.717, 1.165) is 17.9 Å². The van der Waals surface area contributed by atoms with Crippen molar-refractivity contribution in [2.75, 3.05) is 31.2 Å². The maximum atomic E-state index is 11.4. The second kappa shape index (κ2) is 7.54. The van der Waals surface area contributed by atoms with Gasteiger partial charge in [0.15, 0.2) is 0 Å². The minimum absolute atomic E-state index is 0.361. The molecule has 0 atom stereocenters. The van der Waals surface area contributed by atoms with Gasteiger partial charge in [0.25, 0.3) is 0 Å². The zero-order valence-electron chi connectivity index (χ0n) is 12.6. The van der Waals surface area contributed by atoms with E-state index in [1.807, 2.05) is 13.0 Å². The largest absolute Gasteiger partial charge is 0.370 e. The van der Waals surface area contributed by atoms with Crippen LogP contribution in [0.4, 0.5) is 5.82 Å². The molecule has 0 fully saturated rings. The summed E-state index contributed by atoms with van der Waals surface area (Å²) in [5.74, 6) is 1.14. The number of nitrogens with zero attached hydrogens (tertiary/aromatic N) is 3. The van der Waals surface area contributed by atoms with Gasteiger partial charge in [-0.1, -0.05) is 20.8 Å². The second-order valence-electron chi connectivity index (χ2n) is 5.02. The molecule has 0 saturated heterocycles. The molecule has 20 heavy (non-hydrogen) atoms. The van der Waals surface area contributed by atoms with E-state index in [2.05, 4.69) is 29.1 Å². The summed E-state index contributed by atoms with van der Waals surface area (Å²) in [7, 11) is -3.10. The molecule has 1 aromatic rings. The van der Waals surface area contributed by atoms with Crippen LogP contribution < -0.4 is 5.32 Å². The Morgan fingerprint density at radius 2 is 2.05 bits per heavy atom. The number of nitrogens with one attached hydrogen (secondary N) is 1. The summed E-state index contributed by atoms with van der Waals surface area (Å²) in [5.41, 5.74) is 0.994. The first-order chi connectivity index (χ1) is 9.34. The topological polar surface area (TPSA) is 75.2 Å². The summed E-state index contributed by atoms with van der Waals surface area (Å²) in [6, 6.07) is 1.93. The maximum absolute atomic E-state index is 11.4. The monoisotopic (exact) mass is 300 g/mol. The Labute approximate surface area is 121 Å². The van der Waals surface area contributed by atoms with E-state index in [9.17, 15) is 8.42 Å². The Hall–Kier alpha value is -1.21. The summed E-state index contributed by atoms with van der Waals surface area (Å²) in [4.78, 5) is 8.36. The third-order valence-electron chi connectivity index (χ3n) is 2.99. The summed E-state index contributed by atoms with van der Waals surface area (Å²) in [6.45, 7) is 7.71. The molecule has 0 spiro atoms. The average molecular weight is 300 g/mol. The summed E-state index contributed by atoms with van der Waals surface area (Å²) >= 11 is 0. The highest BCUT2D eigenvalue weighted by atomic mass is 32.2. The molecule has 1 aromatic heterocycles. The van der Waals surface area contributed by atoms with Crippen LogP contribution in [0.5, 0.6) is 0 Å². The van der Waals surface area contributed by atoms with Gasteiger partial charge in [0.1, 0.15) is 12.1 Å². The molecule has 0 aliphatic heterocycles. The van der Waals surface area contributed by atoms with E-state index in [-0.39, 0.29) is 0 Å². The molecule has 1 rings (SSSR count). The van der Waals surface area contributed by atoms with Crippen molar-refractivity contribution in [2.24, 2.45) is 0 Å². The third-order valence-corrected chi connectivity index (χ3v) is 4.37. The summed E-state index contributed by atoms with van der Waals surface area (Å²) < 4.78 is 24.3. The van der Waals surface area contributed by atoms with Crippen LogP contribution in [0, 0.1) is 0 Å². The van der Waals surface area contributed by atoms with Crippen LogP contribution >= 0.6 is 0 Å². The standard InChI is InChI=1S/C13H24N4O2S/c1-5-17(20(4,18)19)8-6-7-14-13-9-12(11(2)3)15-10-16-13/h9-11H,5-8H2,1-4H3,(H,14,15,16). The molecule has 0 aromatic carbocycles. The molecule has 0 saturated carbocycles. The van der Waals surface area contributed by atoms with Crippen LogP contribution in [0.1, 0.15) is 38.8 Å². The smallest absolute Gasteiger partial charge is 0.211 e. The molecule has 114 valence electrons. The van der Waals surface area contributed by atoms with Crippen LogP contribution in [0.3, 0.4) is 0 Å². The highest BCUT2D eigenvalue weighted by Gasteiger charge is 2.13. The van der Waals surface area contributed by atoms with E-state index in [1.165, 1.54) is 10.6 Å². The normalized spacial score (nSPS) is 12.1. The van der Waals surface area contributed by atoms with Gasteiger partial charge in [-0.05, 0) is 12.3 Å². The van der Waals surface area contributed by atoms with E-state index < -0.39 is 10.0 Å². The minimum Gasteiger partial charge on any atom is -0.370 e. The number of sulfonamides is 1. The van der Waals surface area contributed by atoms with Gasteiger partial charge < -0.3 is 5.32 Å². The number of rotatable bonds is 8. The zero-order valence-corrected chi connectivity index (χ0v) is 13.4. The lowest BCUT2D eigenvalue weighted by Crippen LogP contribution is -2.31. The van der Waals surface area contributed by atoms with E-state index >= 15 is 0 Å². The lowest BCUT2D eigenvalue weighted by molar-refractivity contribution is 0.428. The number of aromatic nitrogens is 2. The molecule has 0 aliphatic carbocycles. The second-order valence-corrected chi connectivity index (χ2v) is 7.00. The van der Waals surface area contributed by atoms with Gasteiger partial charge >= 0.3 is 0 Å². The van der Waals surface area contributed by atoms with Crippen molar-refractivity contribution in [3.05, 3.63) is 18.1 Å². The highest BCUT2D eigenvalue weighted by molar-refractivity contribution is 7.88. The van der Waals surface area contributed by atoms with Crippen molar-refractivity contribution in [3.63, 3.8) is 0 Å². The van der Waals surface area contributed by atoms with Crippen LogP contribution in [0.15, 0.2) is 12.4 Å². The first-order valence-corrected chi connectivity index (χ1v) is 8.70. The fourth-order valence-corrected chi connectivity index (χ4v) is 2.74. The van der Waals surface area contributed by atoms with Gasteiger partial charge in [-0.2, -0.15) is 0 Å². The number of anilines is 1. The SMILES string of the molecule is CCN(CCCNc1cc(C(C)C)ncn1)S(C)(=O)=O. The van der Waals surface area contributed by atoms with Gasteiger partial charge in [0, 0.05) is 31.4 Å². The lowest BCUT2D eigenvalue weighted by Gasteiger charge is -2.17. The van der Waals surface area contributed by atoms with Crippen LogP contribution in [0.2, 0.25) is 0 Å². The van der Waals surface area contributed by atoms with Gasteiger partial charge in [0.2, 0.25) is 10.0 Å². The quantitative estimate of drug-likeness (QED) is 0.739. The molecular formula is C13H24N4O2S. The van der Waals surface area contributed by atoms with E-state index in [0.29, 0.717) is 25.6 Å². The fourth-order valence-electron chi connectivity index (χ4n) is 1.82. The van der Waals surface area contributed by atoms with E-state index in [1.54, 1.807) is 6.33 Å². The first-order valence-electron chi connectivity index (χ1n) is 6.85. The predicted octanol–water partition coefficient (Wildman–Crippen LogP) is 1.68. The molecule has 6 nitrogen and oxygen atoms in total. The lowest BCUT2D eigenvalue weighted by atomic mass is 10.1. The van der Waals surface area contributed by atoms with Crippen molar-refractivity contribution < 1.29 is 8.42 Å². The third kappa shape index (κ3) is 5.42. The Morgan fingerprint density at radius 1 is 1.35 bits per heavy atom. The molecule has 1 heterocycles. The van der Waals surface area contributed by atoms with Crippen molar-refractivity contribution in [1.29, 1.82) is 0 Å². The molecule has 7 heteroatoms. The van der Waals surface area contributed by atoms with Gasteiger partial charge in [-0.3, -0.25) is 0 Å². The predicted molar refractivity (Wildman–Crippen MR) is 81.3 cm³/mol. The van der Waals surface area contributed by atoms with Crippen LogP contribution in [-0.4, -0.2) is 48.6 Å². The molecule has 1 N–H and O–H groups in total. The summed E-state index contributed by atoms with van der Waals surface area (Å²) in [5, 5.41) is 3.20. The van der Waals surface area contributed by atoms with E-state index in [4.69, 9.17) is 0 Å². The van der Waals surface area contributed by atoms with Crippen LogP contribution in [-0.2, 0) is 10.0 Å². The van der Waals surface area contributed by atoms with Gasteiger partial charge in [-0.25, -0.2) is 22.7 Å². The first kappa shape index (κ1) is 16.8. The number of hydrogen-bond donors (Lipinski definition) is 1. The van der Waals surface area contributed by atoms with Crippen molar-refractivity contribution in [1.82, 2.24) is 14.3 Å². The molecule has 0 amide bonds. The molecule has 0 radical (unpaired) electrons. The van der Waals surface area contributed by atoms with Gasteiger partial charge in [-0.15, -0.1) is 0 Å². The highest BCUT2D eigenvalue weighted by Crippen LogP contribution is 2.13. The molecular weight excluding hydrogens is 276 g/mol. The Kier molecular flexibility index (Phi) is 6.35. The minimum atomic E-state index is -3.10. The molecule has 0 unspecified atom stereocenters. The fraction of sp³-hybridized carbons (Fsp3) is 0.692. The Bertz CT molecular complexity index is 517. The maximum Gasteiger partial charge on any atom is 0.211 e.